The number of benzene rings is 6. The maximum Gasteiger partial charge on any atom is 0.149 e. The Balaban J connectivity index is 1.45. The third kappa shape index (κ3) is 7.79. The summed E-state index contributed by atoms with van der Waals surface area (Å²) in [6, 6.07) is 49.9. The summed E-state index contributed by atoms with van der Waals surface area (Å²) in [6.07, 6.45) is 1.91. The summed E-state index contributed by atoms with van der Waals surface area (Å²) in [5.41, 5.74) is 16.5. The molecule has 0 aliphatic heterocycles. The van der Waals surface area contributed by atoms with Crippen molar-refractivity contribution in [1.82, 2.24) is 14.5 Å². The molecule has 302 valence electrons. The van der Waals surface area contributed by atoms with Gasteiger partial charge in [0.1, 0.15) is 11.6 Å². The van der Waals surface area contributed by atoms with Gasteiger partial charge in [0.25, 0.3) is 0 Å². The van der Waals surface area contributed by atoms with Crippen molar-refractivity contribution >= 4 is 11.0 Å². The quantitative estimate of drug-likeness (QED) is 0.167. The molecule has 2 heterocycles. The number of nitrogens with zero attached hydrogens (tertiary/aromatic N) is 3. The van der Waals surface area contributed by atoms with Crippen LogP contribution < -0.4 is 0 Å². The summed E-state index contributed by atoms with van der Waals surface area (Å²) in [7, 11) is 0. The van der Waals surface area contributed by atoms with E-state index in [-0.39, 0.29) is 28.4 Å². The van der Waals surface area contributed by atoms with Crippen molar-refractivity contribution in [2.45, 2.75) is 91.9 Å². The first-order valence-corrected chi connectivity index (χ1v) is 21.3. The van der Waals surface area contributed by atoms with Crippen LogP contribution in [0.3, 0.4) is 0 Å². The van der Waals surface area contributed by atoms with Crippen LogP contribution in [0.15, 0.2) is 146 Å². The molecule has 0 amide bonds. The van der Waals surface area contributed by atoms with Crippen molar-refractivity contribution in [1.29, 1.82) is 0 Å². The van der Waals surface area contributed by atoms with E-state index in [0.717, 1.165) is 72.5 Å². The van der Waals surface area contributed by atoms with Gasteiger partial charge in [-0.2, -0.15) is 0 Å². The van der Waals surface area contributed by atoms with Crippen LogP contribution in [0.5, 0.6) is 5.75 Å². The van der Waals surface area contributed by atoms with Gasteiger partial charge < -0.3 is 5.11 Å². The van der Waals surface area contributed by atoms with Gasteiger partial charge in [0.05, 0.1) is 28.0 Å². The molecule has 0 radical (unpaired) electrons. The van der Waals surface area contributed by atoms with E-state index in [4.69, 9.17) is 9.97 Å². The number of rotatable bonds is 8. The van der Waals surface area contributed by atoms with E-state index in [9.17, 15) is 5.11 Å². The average molecular weight is 788 g/mol. The topological polar surface area (TPSA) is 50.9 Å². The van der Waals surface area contributed by atoms with Crippen molar-refractivity contribution in [2.24, 2.45) is 0 Å². The lowest BCUT2D eigenvalue weighted by atomic mass is 9.83. The molecule has 2 aromatic heterocycles. The Labute approximate surface area is 356 Å². The number of phenolic OH excluding ortho intramolecular Hbond substituents is 1. The van der Waals surface area contributed by atoms with Crippen molar-refractivity contribution in [3.05, 3.63) is 168 Å². The van der Waals surface area contributed by atoms with Gasteiger partial charge in [0.2, 0.25) is 0 Å². The standard InChI is InChI=1S/C56H57N3O/c1-35(2)40-31-46(36(3)4)53(60)48(32-40)54-58-52-45(22-17-23-51(52)59(54)50-25-24-43(55(5,6)7)34-47(50)38-20-15-12-16-21-38)41-28-42(30-44(29-41)56(8,9)10)49-33-39(26-27-57-49)37-18-13-11-14-19-37/h11-36,60H,1-10H3. The maximum absolute atomic E-state index is 12.3. The zero-order chi connectivity index (χ0) is 42.5. The highest BCUT2D eigenvalue weighted by atomic mass is 16.3. The van der Waals surface area contributed by atoms with Crippen molar-refractivity contribution < 1.29 is 5.11 Å². The molecule has 0 saturated heterocycles. The minimum Gasteiger partial charge on any atom is -0.507 e. The Kier molecular flexibility index (Phi) is 10.6. The number of aromatic nitrogens is 3. The summed E-state index contributed by atoms with van der Waals surface area (Å²) < 4.78 is 2.29. The highest BCUT2D eigenvalue weighted by molar-refractivity contribution is 5.98. The van der Waals surface area contributed by atoms with Gasteiger partial charge in [0, 0.05) is 22.9 Å². The van der Waals surface area contributed by atoms with Crippen LogP contribution in [-0.4, -0.2) is 19.6 Å². The molecule has 0 unspecified atom stereocenters. The molecule has 4 heteroatoms. The number of pyridine rings is 1. The first-order chi connectivity index (χ1) is 28.6. The Morgan fingerprint density at radius 2 is 1.18 bits per heavy atom. The summed E-state index contributed by atoms with van der Waals surface area (Å²) in [5, 5.41) is 12.3. The Morgan fingerprint density at radius 1 is 0.517 bits per heavy atom. The van der Waals surface area contributed by atoms with Gasteiger partial charge >= 0.3 is 0 Å². The summed E-state index contributed by atoms with van der Waals surface area (Å²) >= 11 is 0. The van der Waals surface area contributed by atoms with E-state index < -0.39 is 0 Å². The van der Waals surface area contributed by atoms with Crippen molar-refractivity contribution in [2.75, 3.05) is 0 Å². The van der Waals surface area contributed by atoms with Crippen LogP contribution in [0.1, 0.15) is 103 Å². The molecule has 1 N–H and O–H groups in total. The second-order valence-corrected chi connectivity index (χ2v) is 19.0. The largest absolute Gasteiger partial charge is 0.507 e. The highest BCUT2D eigenvalue weighted by Gasteiger charge is 2.27. The number of hydrogen-bond donors (Lipinski definition) is 1. The van der Waals surface area contributed by atoms with E-state index in [0.29, 0.717) is 5.82 Å². The number of hydrogen-bond acceptors (Lipinski definition) is 3. The fourth-order valence-electron chi connectivity index (χ4n) is 8.19. The zero-order valence-corrected chi connectivity index (χ0v) is 36.8. The first kappa shape index (κ1) is 40.5. The lowest BCUT2D eigenvalue weighted by Gasteiger charge is -2.23. The van der Waals surface area contributed by atoms with Gasteiger partial charge in [-0.05, 0) is 116 Å². The van der Waals surface area contributed by atoms with E-state index >= 15 is 0 Å². The van der Waals surface area contributed by atoms with Crippen LogP contribution in [0.2, 0.25) is 0 Å². The van der Waals surface area contributed by atoms with Gasteiger partial charge in [0.15, 0.2) is 0 Å². The molecule has 0 fully saturated rings. The fourth-order valence-corrected chi connectivity index (χ4v) is 8.19. The molecule has 0 atom stereocenters. The third-order valence-electron chi connectivity index (χ3n) is 11.8. The second kappa shape index (κ2) is 15.7. The van der Waals surface area contributed by atoms with E-state index in [2.05, 4.69) is 207 Å². The molecule has 4 nitrogen and oxygen atoms in total. The normalized spacial score (nSPS) is 12.2. The van der Waals surface area contributed by atoms with Gasteiger partial charge in [-0.15, -0.1) is 0 Å². The molecule has 0 aliphatic carbocycles. The summed E-state index contributed by atoms with van der Waals surface area (Å²) in [6.45, 7) is 22.3. The van der Waals surface area contributed by atoms with E-state index in [1.165, 1.54) is 16.7 Å². The van der Waals surface area contributed by atoms with E-state index in [1.807, 2.05) is 12.3 Å². The van der Waals surface area contributed by atoms with Gasteiger partial charge in [-0.25, -0.2) is 4.98 Å². The van der Waals surface area contributed by atoms with Gasteiger partial charge in [-0.3, -0.25) is 9.55 Å². The van der Waals surface area contributed by atoms with Gasteiger partial charge in [-0.1, -0.05) is 160 Å². The number of aromatic hydroxyl groups is 1. The Morgan fingerprint density at radius 3 is 1.83 bits per heavy atom. The maximum atomic E-state index is 12.3. The molecule has 0 spiro atoms. The number of phenols is 1. The fraction of sp³-hybridized carbons (Fsp3) is 0.250. The monoisotopic (exact) mass is 787 g/mol. The van der Waals surface area contributed by atoms with E-state index in [1.54, 1.807) is 0 Å². The van der Waals surface area contributed by atoms with Crippen LogP contribution >= 0.6 is 0 Å². The van der Waals surface area contributed by atoms with Crippen LogP contribution in [0.4, 0.5) is 0 Å². The third-order valence-corrected chi connectivity index (χ3v) is 11.8. The molecule has 8 rings (SSSR count). The zero-order valence-electron chi connectivity index (χ0n) is 36.8. The minimum absolute atomic E-state index is 0.0592. The Hall–Kier alpha value is -6.26. The molecule has 8 aromatic rings. The predicted octanol–water partition coefficient (Wildman–Crippen LogP) is 15.3. The van der Waals surface area contributed by atoms with Crippen LogP contribution in [0, 0.1) is 0 Å². The lowest BCUT2D eigenvalue weighted by Crippen LogP contribution is -2.12. The highest BCUT2D eigenvalue weighted by Crippen LogP contribution is 2.45. The van der Waals surface area contributed by atoms with Crippen LogP contribution in [0.25, 0.3) is 72.7 Å². The summed E-state index contributed by atoms with van der Waals surface area (Å²) in [4.78, 5) is 10.6. The number of para-hydroxylation sites is 1. The minimum atomic E-state index is -0.129. The van der Waals surface area contributed by atoms with Crippen molar-refractivity contribution in [3.63, 3.8) is 0 Å². The predicted molar refractivity (Wildman–Crippen MR) is 253 cm³/mol. The molecule has 0 bridgehead atoms. The average Bonchev–Trinajstić information content (AvgIpc) is 3.62. The number of fused-ring (bicyclic) bond motifs is 1. The molecular weight excluding hydrogens is 731 g/mol. The molecule has 6 aromatic carbocycles. The summed E-state index contributed by atoms with van der Waals surface area (Å²) in [5.74, 6) is 1.37. The lowest BCUT2D eigenvalue weighted by molar-refractivity contribution is 0.466. The van der Waals surface area contributed by atoms with Crippen LogP contribution in [-0.2, 0) is 10.8 Å². The Bertz CT molecular complexity index is 2830. The second-order valence-electron chi connectivity index (χ2n) is 19.0. The van der Waals surface area contributed by atoms with Crippen molar-refractivity contribution in [3.8, 4) is 67.5 Å². The smallest absolute Gasteiger partial charge is 0.149 e. The molecular formula is C56H57N3O. The first-order valence-electron chi connectivity index (χ1n) is 21.3. The SMILES string of the molecule is CC(C)c1cc(-c2nc3c(-c4cc(-c5cc(-c6ccccc6)ccn5)cc(C(C)(C)C)c4)cccc3n2-c2ccc(C(C)(C)C)cc2-c2ccccc2)c(O)c(C(C)C)c1. The molecule has 0 aliphatic rings. The number of imidazole rings is 1. The molecule has 60 heavy (non-hydrogen) atoms. The molecule has 0 saturated carbocycles.